The van der Waals surface area contributed by atoms with Gasteiger partial charge in [0.05, 0.1) is 38.3 Å². The molecule has 2 aromatic carbocycles. The summed E-state index contributed by atoms with van der Waals surface area (Å²) in [6.45, 7) is 3.56. The van der Waals surface area contributed by atoms with Gasteiger partial charge < -0.3 is 9.80 Å². The third-order valence-electron chi connectivity index (χ3n) is 5.25. The van der Waals surface area contributed by atoms with Gasteiger partial charge >= 0.3 is 0 Å². The molecule has 0 aromatic heterocycles. The van der Waals surface area contributed by atoms with Gasteiger partial charge in [-0.15, -0.1) is 0 Å². The van der Waals surface area contributed by atoms with Crippen LogP contribution in [0.1, 0.15) is 6.42 Å². The molecule has 0 bridgehead atoms. The van der Waals surface area contributed by atoms with E-state index < -0.39 is 0 Å². The minimum Gasteiger partial charge on any atom is -0.360 e. The molecule has 26 heavy (non-hydrogen) atoms. The number of piperazine rings is 1. The molecule has 1 atom stereocenters. The summed E-state index contributed by atoms with van der Waals surface area (Å²) in [5.41, 5.74) is 1.91. The molecule has 6 heteroatoms. The van der Waals surface area contributed by atoms with E-state index in [-0.39, 0.29) is 17.9 Å². The smallest absolute Gasteiger partial charge is 0.292 e. The van der Waals surface area contributed by atoms with Crippen LogP contribution in [0, 0.1) is 3.57 Å². The fourth-order valence-electron chi connectivity index (χ4n) is 3.85. The lowest BCUT2D eigenvalue weighted by atomic mass is 10.1. The van der Waals surface area contributed by atoms with Crippen LogP contribution in [-0.2, 0) is 9.59 Å². The Balaban J connectivity index is 1.44. The first-order valence-electron chi connectivity index (χ1n) is 8.90. The molecule has 2 aromatic rings. The molecule has 2 amide bonds. The first-order chi connectivity index (χ1) is 12.6. The molecule has 2 fully saturated rings. The van der Waals surface area contributed by atoms with Gasteiger partial charge in [0.15, 0.2) is 6.04 Å². The van der Waals surface area contributed by atoms with E-state index in [1.807, 2.05) is 42.5 Å². The van der Waals surface area contributed by atoms with Crippen molar-refractivity contribution in [3.63, 3.8) is 0 Å². The van der Waals surface area contributed by atoms with Crippen LogP contribution in [0.3, 0.4) is 0 Å². The highest BCUT2D eigenvalue weighted by atomic mass is 127. The Morgan fingerprint density at radius 1 is 0.885 bits per heavy atom. The van der Waals surface area contributed by atoms with Gasteiger partial charge in [0.1, 0.15) is 0 Å². The maximum atomic E-state index is 12.9. The summed E-state index contributed by atoms with van der Waals surface area (Å²) in [6.07, 6.45) is 0.311. The molecule has 0 saturated carbocycles. The highest BCUT2D eigenvalue weighted by molar-refractivity contribution is 14.1. The molecule has 1 N–H and O–H groups in total. The number of carbonyl (C=O) groups is 2. The molecule has 2 saturated heterocycles. The molecule has 2 aliphatic heterocycles. The Bertz CT molecular complexity index is 802. The average molecular weight is 462 g/mol. The maximum absolute atomic E-state index is 12.9. The number of rotatable bonds is 3. The van der Waals surface area contributed by atoms with E-state index in [2.05, 4.69) is 39.6 Å². The number of quaternary nitrogens is 1. The third kappa shape index (κ3) is 3.35. The van der Waals surface area contributed by atoms with Crippen molar-refractivity contribution in [2.75, 3.05) is 36.0 Å². The third-order valence-corrected chi connectivity index (χ3v) is 5.97. The number of anilines is 2. The van der Waals surface area contributed by atoms with E-state index in [0.29, 0.717) is 12.1 Å². The Hall–Kier alpha value is -1.93. The monoisotopic (exact) mass is 462 g/mol. The van der Waals surface area contributed by atoms with Crippen molar-refractivity contribution in [1.82, 2.24) is 0 Å². The van der Waals surface area contributed by atoms with Crippen LogP contribution in [0.15, 0.2) is 54.6 Å². The number of nitrogens with zero attached hydrogens (tertiary/aromatic N) is 2. The van der Waals surface area contributed by atoms with Crippen LogP contribution in [0.5, 0.6) is 0 Å². The van der Waals surface area contributed by atoms with E-state index in [0.717, 1.165) is 29.7 Å². The number of carbonyl (C=O) groups excluding carboxylic acids is 2. The second-order valence-electron chi connectivity index (χ2n) is 6.78. The molecule has 134 valence electrons. The molecular weight excluding hydrogens is 441 g/mol. The SMILES string of the molecule is O=C1C[C@@H]([NH+]2CCN(c3ccccc3)CC2)C(=O)N1c1ccc(I)cc1. The standard InChI is InChI=1S/C20H20IN3O2/c21-15-6-8-17(9-7-15)24-19(25)14-18(20(24)26)23-12-10-22(11-13-23)16-4-2-1-3-5-16/h1-9,18H,10-14H2/p+1/t18-/m1/s1. The highest BCUT2D eigenvalue weighted by Gasteiger charge is 2.46. The molecule has 0 unspecified atom stereocenters. The van der Waals surface area contributed by atoms with Crippen molar-refractivity contribution in [1.29, 1.82) is 0 Å². The normalized spacial score (nSPS) is 21.5. The van der Waals surface area contributed by atoms with Crippen LogP contribution in [-0.4, -0.2) is 44.0 Å². The number of imide groups is 1. The fourth-order valence-corrected chi connectivity index (χ4v) is 4.21. The van der Waals surface area contributed by atoms with Crippen LogP contribution < -0.4 is 14.7 Å². The minimum absolute atomic E-state index is 0.0561. The van der Waals surface area contributed by atoms with Crippen LogP contribution in [0.2, 0.25) is 0 Å². The molecule has 0 radical (unpaired) electrons. The average Bonchev–Trinajstić information content (AvgIpc) is 2.98. The highest BCUT2D eigenvalue weighted by Crippen LogP contribution is 2.23. The minimum atomic E-state index is -0.250. The van der Waals surface area contributed by atoms with E-state index in [4.69, 9.17) is 0 Å². The second-order valence-corrected chi connectivity index (χ2v) is 8.03. The lowest BCUT2D eigenvalue weighted by Gasteiger charge is -2.35. The maximum Gasteiger partial charge on any atom is 0.292 e. The lowest BCUT2D eigenvalue weighted by Crippen LogP contribution is -3.19. The van der Waals surface area contributed by atoms with Gasteiger partial charge in [-0.25, -0.2) is 4.90 Å². The summed E-state index contributed by atoms with van der Waals surface area (Å²) in [6, 6.07) is 17.7. The number of hydrogen-bond donors (Lipinski definition) is 1. The zero-order chi connectivity index (χ0) is 18.1. The Labute approximate surface area is 166 Å². The van der Waals surface area contributed by atoms with Crippen LogP contribution >= 0.6 is 22.6 Å². The number of nitrogens with one attached hydrogen (secondary N) is 1. The summed E-state index contributed by atoms with van der Waals surface area (Å²) >= 11 is 2.22. The predicted molar refractivity (Wildman–Crippen MR) is 109 cm³/mol. The molecule has 5 nitrogen and oxygen atoms in total. The van der Waals surface area contributed by atoms with E-state index in [1.165, 1.54) is 15.5 Å². The molecule has 2 heterocycles. The molecule has 0 aliphatic carbocycles. The Kier molecular flexibility index (Phi) is 4.95. The Morgan fingerprint density at radius 2 is 1.54 bits per heavy atom. The van der Waals surface area contributed by atoms with Crippen molar-refractivity contribution >= 4 is 45.8 Å². The lowest BCUT2D eigenvalue weighted by molar-refractivity contribution is -0.915. The van der Waals surface area contributed by atoms with Crippen LogP contribution in [0.4, 0.5) is 11.4 Å². The summed E-state index contributed by atoms with van der Waals surface area (Å²) in [7, 11) is 0. The predicted octanol–water partition coefficient (Wildman–Crippen LogP) is 1.33. The van der Waals surface area contributed by atoms with Gasteiger partial charge in [-0.05, 0) is 59.0 Å². The van der Waals surface area contributed by atoms with Crippen molar-refractivity contribution in [3.05, 3.63) is 58.2 Å². The zero-order valence-electron chi connectivity index (χ0n) is 14.4. The largest absolute Gasteiger partial charge is 0.360 e. The molecule has 0 spiro atoms. The number of benzene rings is 2. The summed E-state index contributed by atoms with van der Waals surface area (Å²) in [5.74, 6) is -0.140. The first kappa shape index (κ1) is 17.5. The van der Waals surface area contributed by atoms with Crippen LogP contribution in [0.25, 0.3) is 0 Å². The molecular formula is C20H21IN3O2+. The van der Waals surface area contributed by atoms with Gasteiger partial charge in [0, 0.05) is 9.26 Å². The first-order valence-corrected chi connectivity index (χ1v) is 9.98. The van der Waals surface area contributed by atoms with Gasteiger partial charge in [-0.2, -0.15) is 0 Å². The number of halogens is 1. The van der Waals surface area contributed by atoms with Crippen molar-refractivity contribution < 1.29 is 14.5 Å². The van der Waals surface area contributed by atoms with Crippen molar-refractivity contribution in [2.45, 2.75) is 12.5 Å². The van der Waals surface area contributed by atoms with Crippen molar-refractivity contribution in [2.24, 2.45) is 0 Å². The molecule has 4 rings (SSSR count). The fraction of sp³-hybridized carbons (Fsp3) is 0.300. The number of hydrogen-bond acceptors (Lipinski definition) is 3. The van der Waals surface area contributed by atoms with Gasteiger partial charge in [0.2, 0.25) is 5.91 Å². The second kappa shape index (κ2) is 7.36. The van der Waals surface area contributed by atoms with Gasteiger partial charge in [-0.3, -0.25) is 9.59 Å². The topological polar surface area (TPSA) is 45.1 Å². The zero-order valence-corrected chi connectivity index (χ0v) is 16.6. The van der Waals surface area contributed by atoms with E-state index in [1.54, 1.807) is 0 Å². The van der Waals surface area contributed by atoms with E-state index >= 15 is 0 Å². The van der Waals surface area contributed by atoms with Crippen molar-refractivity contribution in [3.8, 4) is 0 Å². The van der Waals surface area contributed by atoms with Gasteiger partial charge in [0.25, 0.3) is 5.91 Å². The Morgan fingerprint density at radius 3 is 2.19 bits per heavy atom. The van der Waals surface area contributed by atoms with Gasteiger partial charge in [-0.1, -0.05) is 18.2 Å². The van der Waals surface area contributed by atoms with E-state index in [9.17, 15) is 9.59 Å². The number of para-hydroxylation sites is 1. The quantitative estimate of drug-likeness (QED) is 0.553. The number of amides is 2. The summed E-state index contributed by atoms with van der Waals surface area (Å²) in [4.78, 5) is 30.4. The summed E-state index contributed by atoms with van der Waals surface area (Å²) in [5, 5.41) is 0. The summed E-state index contributed by atoms with van der Waals surface area (Å²) < 4.78 is 1.09. The molecule has 2 aliphatic rings.